The fourth-order valence-corrected chi connectivity index (χ4v) is 3.14. The molecule has 2 atom stereocenters. The number of carbonyl (C=O) groups is 1. The Morgan fingerprint density at radius 3 is 2.95 bits per heavy atom. The number of hydrogen-bond donors (Lipinski definition) is 0. The molecule has 0 saturated carbocycles. The van der Waals surface area contributed by atoms with Gasteiger partial charge < -0.3 is 4.90 Å². The van der Waals surface area contributed by atoms with Crippen molar-refractivity contribution < 1.29 is 4.79 Å². The molecule has 5 nitrogen and oxygen atoms in total. The van der Waals surface area contributed by atoms with Crippen molar-refractivity contribution in [3.05, 3.63) is 23.2 Å². The standard InChI is InChI=1S/C13H17ClN4O/c1-9-7-17-4-2-3-10(17)8-18(9)13(19)11-5-16-12(14)6-15-11/h5-6,9-10H,2-4,7-8H2,1H3. The van der Waals surface area contributed by atoms with E-state index in [0.29, 0.717) is 16.9 Å². The third-order valence-electron chi connectivity index (χ3n) is 4.04. The molecule has 0 spiro atoms. The molecule has 2 aliphatic rings. The van der Waals surface area contributed by atoms with Gasteiger partial charge in [0.1, 0.15) is 10.8 Å². The molecule has 19 heavy (non-hydrogen) atoms. The summed E-state index contributed by atoms with van der Waals surface area (Å²) in [6.07, 6.45) is 5.30. The minimum absolute atomic E-state index is 0.0387. The van der Waals surface area contributed by atoms with Crippen molar-refractivity contribution in [3.63, 3.8) is 0 Å². The molecule has 0 bridgehead atoms. The van der Waals surface area contributed by atoms with E-state index in [9.17, 15) is 4.79 Å². The van der Waals surface area contributed by atoms with Gasteiger partial charge in [0.2, 0.25) is 0 Å². The zero-order valence-corrected chi connectivity index (χ0v) is 11.7. The van der Waals surface area contributed by atoms with Crippen molar-refractivity contribution in [1.29, 1.82) is 0 Å². The Morgan fingerprint density at radius 2 is 2.21 bits per heavy atom. The lowest BCUT2D eigenvalue weighted by atomic mass is 10.1. The largest absolute Gasteiger partial charge is 0.332 e. The fourth-order valence-electron chi connectivity index (χ4n) is 3.04. The molecule has 3 rings (SSSR count). The highest BCUT2D eigenvalue weighted by Gasteiger charge is 2.37. The molecule has 6 heteroatoms. The molecule has 102 valence electrons. The number of carbonyl (C=O) groups excluding carboxylic acids is 1. The van der Waals surface area contributed by atoms with Crippen LogP contribution in [0.3, 0.4) is 0 Å². The number of aromatic nitrogens is 2. The zero-order valence-electron chi connectivity index (χ0n) is 10.9. The highest BCUT2D eigenvalue weighted by atomic mass is 35.5. The summed E-state index contributed by atoms with van der Waals surface area (Å²) in [5.41, 5.74) is 0.377. The molecule has 2 fully saturated rings. The van der Waals surface area contributed by atoms with E-state index in [1.165, 1.54) is 25.2 Å². The monoisotopic (exact) mass is 280 g/mol. The Balaban J connectivity index is 1.77. The van der Waals surface area contributed by atoms with Gasteiger partial charge in [-0.25, -0.2) is 9.97 Å². The topological polar surface area (TPSA) is 49.3 Å². The summed E-state index contributed by atoms with van der Waals surface area (Å²) in [7, 11) is 0. The number of halogens is 1. The van der Waals surface area contributed by atoms with Crippen LogP contribution in [-0.2, 0) is 0 Å². The van der Waals surface area contributed by atoms with Gasteiger partial charge in [-0.05, 0) is 26.3 Å². The van der Waals surface area contributed by atoms with Crippen LogP contribution in [0.15, 0.2) is 12.4 Å². The number of nitrogens with zero attached hydrogens (tertiary/aromatic N) is 4. The number of amides is 1. The van der Waals surface area contributed by atoms with Gasteiger partial charge in [0.15, 0.2) is 0 Å². The van der Waals surface area contributed by atoms with Crippen LogP contribution in [-0.4, -0.2) is 57.4 Å². The van der Waals surface area contributed by atoms with E-state index in [0.717, 1.165) is 19.6 Å². The lowest BCUT2D eigenvalue weighted by Crippen LogP contribution is -2.56. The van der Waals surface area contributed by atoms with E-state index in [1.807, 2.05) is 4.90 Å². The normalized spacial score (nSPS) is 27.4. The predicted octanol–water partition coefficient (Wildman–Crippen LogP) is 1.44. The minimum Gasteiger partial charge on any atom is -0.332 e. The summed E-state index contributed by atoms with van der Waals surface area (Å²) in [5, 5.41) is 0.310. The van der Waals surface area contributed by atoms with E-state index in [2.05, 4.69) is 21.8 Å². The molecule has 0 N–H and O–H groups in total. The van der Waals surface area contributed by atoms with Gasteiger partial charge in [-0.15, -0.1) is 0 Å². The van der Waals surface area contributed by atoms with Crippen LogP contribution in [0.2, 0.25) is 5.15 Å². The van der Waals surface area contributed by atoms with Crippen molar-refractivity contribution in [2.45, 2.75) is 31.8 Å². The highest BCUT2D eigenvalue weighted by Crippen LogP contribution is 2.25. The van der Waals surface area contributed by atoms with Crippen molar-refractivity contribution in [3.8, 4) is 0 Å². The smallest absolute Gasteiger partial charge is 0.274 e. The quantitative estimate of drug-likeness (QED) is 0.781. The first kappa shape index (κ1) is 12.8. The summed E-state index contributed by atoms with van der Waals surface area (Å²) in [5.74, 6) is -0.0387. The Labute approximate surface area is 117 Å². The second kappa shape index (κ2) is 5.06. The Bertz CT molecular complexity index is 478. The molecule has 1 aromatic rings. The summed E-state index contributed by atoms with van der Waals surface area (Å²) in [6, 6.07) is 0.736. The van der Waals surface area contributed by atoms with E-state index in [1.54, 1.807) is 0 Å². The molecular weight excluding hydrogens is 264 g/mol. The summed E-state index contributed by atoms with van der Waals surface area (Å²) < 4.78 is 0. The predicted molar refractivity (Wildman–Crippen MR) is 72.1 cm³/mol. The third kappa shape index (κ3) is 2.44. The SMILES string of the molecule is CC1CN2CCCC2CN1C(=O)c1cnc(Cl)cn1. The average molecular weight is 281 g/mol. The molecule has 1 amide bonds. The molecule has 2 aliphatic heterocycles. The number of piperazine rings is 1. The van der Waals surface area contributed by atoms with Gasteiger partial charge in [0.05, 0.1) is 12.4 Å². The van der Waals surface area contributed by atoms with Crippen LogP contribution >= 0.6 is 11.6 Å². The first-order chi connectivity index (χ1) is 9.15. The van der Waals surface area contributed by atoms with Gasteiger partial charge in [0, 0.05) is 25.2 Å². The average Bonchev–Trinajstić information content (AvgIpc) is 2.85. The highest BCUT2D eigenvalue weighted by molar-refractivity contribution is 6.29. The maximum absolute atomic E-state index is 12.5. The second-order valence-corrected chi connectivity index (χ2v) is 5.71. The molecule has 0 aliphatic carbocycles. The zero-order chi connectivity index (χ0) is 13.4. The van der Waals surface area contributed by atoms with Crippen molar-refractivity contribution in [2.24, 2.45) is 0 Å². The van der Waals surface area contributed by atoms with Crippen LogP contribution < -0.4 is 0 Å². The molecule has 0 radical (unpaired) electrons. The summed E-state index contributed by atoms with van der Waals surface area (Å²) in [6.45, 7) is 5.01. The molecule has 0 aromatic carbocycles. The van der Waals surface area contributed by atoms with E-state index >= 15 is 0 Å². The lowest BCUT2D eigenvalue weighted by molar-refractivity contribution is 0.0390. The molecular formula is C13H17ClN4O. The van der Waals surface area contributed by atoms with E-state index < -0.39 is 0 Å². The number of fused-ring (bicyclic) bond motifs is 1. The maximum atomic E-state index is 12.5. The van der Waals surface area contributed by atoms with Gasteiger partial charge >= 0.3 is 0 Å². The van der Waals surface area contributed by atoms with Crippen LogP contribution in [0.4, 0.5) is 0 Å². The second-order valence-electron chi connectivity index (χ2n) is 5.32. The maximum Gasteiger partial charge on any atom is 0.274 e. The Kier molecular flexibility index (Phi) is 3.41. The minimum atomic E-state index is -0.0387. The van der Waals surface area contributed by atoms with Gasteiger partial charge in [-0.2, -0.15) is 0 Å². The van der Waals surface area contributed by atoms with Gasteiger partial charge in [-0.1, -0.05) is 11.6 Å². The van der Waals surface area contributed by atoms with Crippen molar-refractivity contribution in [1.82, 2.24) is 19.8 Å². The Morgan fingerprint density at radius 1 is 1.37 bits per heavy atom. The first-order valence-corrected chi connectivity index (χ1v) is 7.05. The van der Waals surface area contributed by atoms with Gasteiger partial charge in [0.25, 0.3) is 5.91 Å². The van der Waals surface area contributed by atoms with Crippen LogP contribution in [0.1, 0.15) is 30.3 Å². The van der Waals surface area contributed by atoms with Crippen LogP contribution in [0.25, 0.3) is 0 Å². The lowest BCUT2D eigenvalue weighted by Gasteiger charge is -2.42. The van der Waals surface area contributed by atoms with Crippen molar-refractivity contribution >= 4 is 17.5 Å². The summed E-state index contributed by atoms with van der Waals surface area (Å²) >= 11 is 5.70. The fraction of sp³-hybridized carbons (Fsp3) is 0.615. The van der Waals surface area contributed by atoms with E-state index in [4.69, 9.17) is 11.6 Å². The number of hydrogen-bond acceptors (Lipinski definition) is 4. The first-order valence-electron chi connectivity index (χ1n) is 6.67. The van der Waals surface area contributed by atoms with Crippen LogP contribution in [0.5, 0.6) is 0 Å². The number of rotatable bonds is 1. The molecule has 3 heterocycles. The molecule has 2 saturated heterocycles. The third-order valence-corrected chi connectivity index (χ3v) is 4.23. The van der Waals surface area contributed by atoms with Gasteiger partial charge in [-0.3, -0.25) is 9.69 Å². The Hall–Kier alpha value is -1.20. The molecule has 2 unspecified atom stereocenters. The van der Waals surface area contributed by atoms with E-state index in [-0.39, 0.29) is 11.9 Å². The summed E-state index contributed by atoms with van der Waals surface area (Å²) in [4.78, 5) is 24.9. The van der Waals surface area contributed by atoms with Crippen LogP contribution in [0, 0.1) is 0 Å². The molecule has 1 aromatic heterocycles. The van der Waals surface area contributed by atoms with Crippen molar-refractivity contribution in [2.75, 3.05) is 19.6 Å².